The largest absolute Gasteiger partial charge is 0.493 e. The van der Waals surface area contributed by atoms with Gasteiger partial charge in [-0.15, -0.1) is 0 Å². The van der Waals surface area contributed by atoms with Gasteiger partial charge in [0.25, 0.3) is 0 Å². The number of benzene rings is 2. The molecular weight excluding hydrogens is 507 g/mol. The number of likely N-dealkylation sites (tertiary alicyclic amines) is 1. The summed E-state index contributed by atoms with van der Waals surface area (Å²) in [6, 6.07) is 12.4. The molecule has 1 aliphatic heterocycles. The second-order valence-electron chi connectivity index (χ2n) is 9.88. The zero-order valence-corrected chi connectivity index (χ0v) is 23.0. The number of ether oxygens (including phenoxy) is 2. The normalized spacial score (nSPS) is 14.6. The van der Waals surface area contributed by atoms with Crippen molar-refractivity contribution in [3.05, 3.63) is 59.4 Å². The summed E-state index contributed by atoms with van der Waals surface area (Å²) in [5.74, 6) is -1.67. The minimum atomic E-state index is -1.82. The van der Waals surface area contributed by atoms with Gasteiger partial charge in [0.1, 0.15) is 5.82 Å². The van der Waals surface area contributed by atoms with E-state index < -0.39 is 11.9 Å². The van der Waals surface area contributed by atoms with E-state index in [1.807, 2.05) is 12.1 Å². The van der Waals surface area contributed by atoms with Gasteiger partial charge in [0.05, 0.1) is 20.3 Å². The fourth-order valence-corrected chi connectivity index (χ4v) is 4.54. The third kappa shape index (κ3) is 10.6. The van der Waals surface area contributed by atoms with Crippen molar-refractivity contribution in [2.24, 2.45) is 11.8 Å². The first-order valence-electron chi connectivity index (χ1n) is 13.0. The molecule has 1 amide bonds. The van der Waals surface area contributed by atoms with Crippen molar-refractivity contribution < 1.29 is 38.5 Å². The maximum atomic E-state index is 13.3. The Morgan fingerprint density at radius 3 is 2.08 bits per heavy atom. The average Bonchev–Trinajstić information content (AvgIpc) is 2.92. The summed E-state index contributed by atoms with van der Waals surface area (Å²) < 4.78 is 24.0. The summed E-state index contributed by atoms with van der Waals surface area (Å²) >= 11 is 0. The molecule has 3 N–H and O–H groups in total. The molecule has 39 heavy (non-hydrogen) atoms. The molecule has 1 atom stereocenters. The molecule has 9 nitrogen and oxygen atoms in total. The van der Waals surface area contributed by atoms with Crippen LogP contribution in [0, 0.1) is 17.7 Å². The molecule has 2 aromatic carbocycles. The number of carboxylic acid groups (broad SMARTS) is 2. The maximum absolute atomic E-state index is 13.3. The summed E-state index contributed by atoms with van der Waals surface area (Å²) in [4.78, 5) is 33.4. The van der Waals surface area contributed by atoms with Gasteiger partial charge in [0.2, 0.25) is 5.91 Å². The average molecular weight is 547 g/mol. The van der Waals surface area contributed by atoms with Gasteiger partial charge >= 0.3 is 11.9 Å². The van der Waals surface area contributed by atoms with Gasteiger partial charge in [0, 0.05) is 13.0 Å². The van der Waals surface area contributed by atoms with E-state index in [4.69, 9.17) is 29.3 Å². The first-order chi connectivity index (χ1) is 18.5. The molecule has 1 aliphatic rings. The van der Waals surface area contributed by atoms with Crippen LogP contribution in [-0.4, -0.2) is 66.8 Å². The lowest BCUT2D eigenvalue weighted by molar-refractivity contribution is -0.159. The Balaban J connectivity index is 0.000000798. The van der Waals surface area contributed by atoms with Gasteiger partial charge in [0.15, 0.2) is 11.5 Å². The van der Waals surface area contributed by atoms with E-state index in [0.717, 1.165) is 56.0 Å². The molecule has 0 spiro atoms. The van der Waals surface area contributed by atoms with Gasteiger partial charge in [-0.1, -0.05) is 32.0 Å². The Kier molecular flexibility index (Phi) is 12.7. The van der Waals surface area contributed by atoms with Crippen LogP contribution in [0.25, 0.3) is 0 Å². The van der Waals surface area contributed by atoms with E-state index in [1.165, 1.54) is 17.7 Å². The standard InChI is InChI=1S/C27H37FN2O3.C2H2O4/c1-19(2)27(22-6-8-23(28)9-7-22)29-26(31)18-21-12-15-30(16-13-21)14-11-20-5-10-24(32-3)25(17-20)33-4;3-1(4)2(5)6/h5-10,17,19,21,27H,11-16,18H2,1-4H3,(H,29,31);(H,3,4)(H,5,6)/t27-;/m1./s1. The summed E-state index contributed by atoms with van der Waals surface area (Å²) in [6.45, 7) is 7.17. The molecule has 214 valence electrons. The zero-order valence-electron chi connectivity index (χ0n) is 23.0. The molecule has 10 heteroatoms. The van der Waals surface area contributed by atoms with Crippen molar-refractivity contribution in [3.63, 3.8) is 0 Å². The van der Waals surface area contributed by atoms with Crippen LogP contribution >= 0.6 is 0 Å². The number of carbonyl (C=O) groups is 3. The molecule has 0 saturated carbocycles. The molecule has 1 heterocycles. The molecule has 0 radical (unpaired) electrons. The third-order valence-corrected chi connectivity index (χ3v) is 6.74. The molecule has 2 aromatic rings. The Labute approximate surface area is 228 Å². The Morgan fingerprint density at radius 2 is 1.56 bits per heavy atom. The number of carboxylic acids is 2. The lowest BCUT2D eigenvalue weighted by Gasteiger charge is -2.32. The lowest BCUT2D eigenvalue weighted by Crippen LogP contribution is -2.38. The molecular formula is C29H39FN2O7. The Bertz CT molecular complexity index is 1070. The van der Waals surface area contributed by atoms with E-state index in [-0.39, 0.29) is 23.7 Å². The highest BCUT2D eigenvalue weighted by Crippen LogP contribution is 2.28. The van der Waals surface area contributed by atoms with E-state index in [9.17, 15) is 9.18 Å². The predicted molar refractivity (Wildman–Crippen MR) is 144 cm³/mol. The highest BCUT2D eigenvalue weighted by atomic mass is 19.1. The van der Waals surface area contributed by atoms with E-state index in [0.29, 0.717) is 12.3 Å². The molecule has 1 fully saturated rings. The first-order valence-corrected chi connectivity index (χ1v) is 13.0. The number of nitrogens with one attached hydrogen (secondary N) is 1. The number of halogens is 1. The van der Waals surface area contributed by atoms with Crippen LogP contribution in [0.15, 0.2) is 42.5 Å². The number of carbonyl (C=O) groups excluding carboxylic acids is 1. The summed E-state index contributed by atoms with van der Waals surface area (Å²) in [7, 11) is 3.30. The molecule has 0 unspecified atom stereocenters. The van der Waals surface area contributed by atoms with Crippen molar-refractivity contribution in [2.45, 2.75) is 45.6 Å². The monoisotopic (exact) mass is 546 g/mol. The summed E-state index contributed by atoms with van der Waals surface area (Å²) in [6.07, 6.45) is 3.57. The van der Waals surface area contributed by atoms with Crippen molar-refractivity contribution in [1.82, 2.24) is 10.2 Å². The molecule has 0 aliphatic carbocycles. The fraction of sp³-hybridized carbons (Fsp3) is 0.483. The van der Waals surface area contributed by atoms with Crippen molar-refractivity contribution in [2.75, 3.05) is 33.9 Å². The maximum Gasteiger partial charge on any atom is 0.414 e. The Hall–Kier alpha value is -3.66. The van der Waals surface area contributed by atoms with Crippen LogP contribution in [-0.2, 0) is 20.8 Å². The third-order valence-electron chi connectivity index (χ3n) is 6.74. The fourth-order valence-electron chi connectivity index (χ4n) is 4.54. The second kappa shape index (κ2) is 15.7. The number of hydrogen-bond donors (Lipinski definition) is 3. The minimum Gasteiger partial charge on any atom is -0.493 e. The van der Waals surface area contributed by atoms with Crippen molar-refractivity contribution in [3.8, 4) is 11.5 Å². The van der Waals surface area contributed by atoms with Crippen molar-refractivity contribution >= 4 is 17.8 Å². The van der Waals surface area contributed by atoms with Crippen LogP contribution in [0.4, 0.5) is 4.39 Å². The van der Waals surface area contributed by atoms with Crippen LogP contribution in [0.5, 0.6) is 11.5 Å². The predicted octanol–water partition coefficient (Wildman–Crippen LogP) is 4.16. The highest BCUT2D eigenvalue weighted by molar-refractivity contribution is 6.27. The summed E-state index contributed by atoms with van der Waals surface area (Å²) in [5.41, 5.74) is 2.18. The highest BCUT2D eigenvalue weighted by Gasteiger charge is 2.24. The SMILES string of the molecule is COc1ccc(CCN2CCC(CC(=O)N[C@@H](c3ccc(F)cc3)C(C)C)CC2)cc1OC.O=C(O)C(=O)O. The zero-order chi connectivity index (χ0) is 28.9. The van der Waals surface area contributed by atoms with Gasteiger partial charge in [-0.3, -0.25) is 4.79 Å². The van der Waals surface area contributed by atoms with Crippen LogP contribution in [0.3, 0.4) is 0 Å². The number of amides is 1. The topological polar surface area (TPSA) is 125 Å². The number of rotatable bonds is 10. The van der Waals surface area contributed by atoms with Gasteiger partial charge in [-0.05, 0) is 79.6 Å². The van der Waals surface area contributed by atoms with Crippen molar-refractivity contribution in [1.29, 1.82) is 0 Å². The lowest BCUT2D eigenvalue weighted by atomic mass is 9.91. The van der Waals surface area contributed by atoms with Crippen LogP contribution in [0.2, 0.25) is 0 Å². The van der Waals surface area contributed by atoms with Gasteiger partial charge < -0.3 is 29.9 Å². The van der Waals surface area contributed by atoms with E-state index in [2.05, 4.69) is 30.1 Å². The molecule has 3 rings (SSSR count). The van der Waals surface area contributed by atoms with Crippen LogP contribution < -0.4 is 14.8 Å². The molecule has 0 bridgehead atoms. The van der Waals surface area contributed by atoms with Crippen LogP contribution in [0.1, 0.15) is 50.3 Å². The second-order valence-corrected chi connectivity index (χ2v) is 9.88. The number of piperidine rings is 1. The number of hydrogen-bond acceptors (Lipinski definition) is 6. The van der Waals surface area contributed by atoms with E-state index in [1.54, 1.807) is 26.4 Å². The van der Waals surface area contributed by atoms with E-state index >= 15 is 0 Å². The van der Waals surface area contributed by atoms with Gasteiger partial charge in [-0.2, -0.15) is 0 Å². The Morgan fingerprint density at radius 1 is 0.974 bits per heavy atom. The quantitative estimate of drug-likeness (QED) is 0.380. The number of aliphatic carboxylic acids is 2. The summed E-state index contributed by atoms with van der Waals surface area (Å²) in [5, 5.41) is 18.0. The molecule has 1 saturated heterocycles. The first kappa shape index (κ1) is 31.6. The molecule has 0 aromatic heterocycles. The minimum absolute atomic E-state index is 0.0850. The number of nitrogens with zero attached hydrogens (tertiary/aromatic N) is 1. The van der Waals surface area contributed by atoms with Gasteiger partial charge in [-0.25, -0.2) is 14.0 Å². The number of methoxy groups -OCH3 is 2. The smallest absolute Gasteiger partial charge is 0.414 e.